The Kier molecular flexibility index (Phi) is 2.83. The average molecular weight is 311 g/mol. The Bertz CT molecular complexity index is 1050. The Balaban J connectivity index is 1.91. The van der Waals surface area contributed by atoms with E-state index in [9.17, 15) is 14.3 Å². The van der Waals surface area contributed by atoms with Gasteiger partial charge in [-0.1, -0.05) is 12.1 Å². The number of alkyl halides is 1. The molecule has 0 aliphatic heterocycles. The van der Waals surface area contributed by atoms with Crippen LogP contribution in [-0.2, 0) is 6.67 Å². The van der Waals surface area contributed by atoms with Crippen molar-refractivity contribution in [2.45, 2.75) is 6.67 Å². The molecule has 8 heteroatoms. The maximum absolute atomic E-state index is 12.7. The fraction of sp³-hybridized carbons (Fsp3) is 0.0667. The number of nitrogens with zero attached hydrogens (tertiary/aromatic N) is 3. The van der Waals surface area contributed by atoms with Gasteiger partial charge in [-0.15, -0.1) is 0 Å². The lowest BCUT2D eigenvalue weighted by atomic mass is 10.1. The van der Waals surface area contributed by atoms with E-state index in [4.69, 9.17) is 0 Å². The highest BCUT2D eigenvalue weighted by atomic mass is 19.1. The first-order valence-electron chi connectivity index (χ1n) is 6.78. The van der Waals surface area contributed by atoms with E-state index >= 15 is 0 Å². The van der Waals surface area contributed by atoms with Crippen molar-refractivity contribution in [2.75, 3.05) is 0 Å². The Morgan fingerprint density at radius 2 is 2.22 bits per heavy atom. The van der Waals surface area contributed by atoms with Gasteiger partial charge in [-0.2, -0.15) is 5.10 Å². The minimum atomic E-state index is -1.08. The van der Waals surface area contributed by atoms with Gasteiger partial charge in [0.2, 0.25) is 0 Å². The molecule has 0 saturated heterocycles. The Labute approximate surface area is 128 Å². The standard InChI is InChI=1S/C15H10FN5O2/c16-4-7-1-2-8-10(3-7)20-21-12(8)11-6-18-14-13(19-11)9(5-17-14)15(22)23/h1-3,5-6H,4H2,(H,17,18)(H,20,21)(H,22,23). The fourth-order valence-corrected chi connectivity index (χ4v) is 2.51. The summed E-state index contributed by atoms with van der Waals surface area (Å²) < 4.78 is 12.7. The van der Waals surface area contributed by atoms with E-state index in [2.05, 4.69) is 25.1 Å². The zero-order valence-corrected chi connectivity index (χ0v) is 11.7. The van der Waals surface area contributed by atoms with Crippen molar-refractivity contribution < 1.29 is 14.3 Å². The van der Waals surface area contributed by atoms with Crippen molar-refractivity contribution in [2.24, 2.45) is 0 Å². The molecule has 0 spiro atoms. The summed E-state index contributed by atoms with van der Waals surface area (Å²) in [4.78, 5) is 22.5. The number of carboxylic acids is 1. The third-order valence-electron chi connectivity index (χ3n) is 3.64. The van der Waals surface area contributed by atoms with Gasteiger partial charge in [0.1, 0.15) is 29.1 Å². The smallest absolute Gasteiger partial charge is 0.339 e. The summed E-state index contributed by atoms with van der Waals surface area (Å²) in [7, 11) is 0. The molecule has 3 aromatic heterocycles. The van der Waals surface area contributed by atoms with Crippen LogP contribution >= 0.6 is 0 Å². The first-order chi connectivity index (χ1) is 11.2. The second-order valence-corrected chi connectivity index (χ2v) is 5.05. The zero-order valence-electron chi connectivity index (χ0n) is 11.7. The van der Waals surface area contributed by atoms with Crippen molar-refractivity contribution >= 4 is 28.0 Å². The number of halogens is 1. The van der Waals surface area contributed by atoms with Gasteiger partial charge in [-0.25, -0.2) is 19.2 Å². The number of carboxylic acid groups (broad SMARTS) is 1. The molecule has 0 atom stereocenters. The van der Waals surface area contributed by atoms with Crippen LogP contribution in [0.1, 0.15) is 15.9 Å². The molecule has 0 aliphatic rings. The van der Waals surface area contributed by atoms with E-state index in [1.807, 2.05) is 0 Å². The van der Waals surface area contributed by atoms with Crippen molar-refractivity contribution in [3.05, 3.63) is 41.7 Å². The summed E-state index contributed by atoms with van der Waals surface area (Å²) in [6.45, 7) is -0.554. The third kappa shape index (κ3) is 2.03. The molecule has 0 amide bonds. The highest BCUT2D eigenvalue weighted by Crippen LogP contribution is 2.27. The SMILES string of the molecule is O=C(O)c1c[nH]c2ncc(-c3n[nH]c4cc(CF)ccc34)nc12. The molecule has 23 heavy (non-hydrogen) atoms. The zero-order chi connectivity index (χ0) is 16.0. The van der Waals surface area contributed by atoms with E-state index < -0.39 is 12.6 Å². The lowest BCUT2D eigenvalue weighted by Crippen LogP contribution is -1.96. The van der Waals surface area contributed by atoms with E-state index in [0.717, 1.165) is 5.39 Å². The number of aromatic nitrogens is 5. The van der Waals surface area contributed by atoms with Crippen LogP contribution in [0.3, 0.4) is 0 Å². The van der Waals surface area contributed by atoms with Gasteiger partial charge in [0.15, 0.2) is 5.65 Å². The van der Waals surface area contributed by atoms with Gasteiger partial charge in [0.25, 0.3) is 0 Å². The van der Waals surface area contributed by atoms with Crippen LogP contribution in [0.25, 0.3) is 33.5 Å². The van der Waals surface area contributed by atoms with Gasteiger partial charge in [0.05, 0.1) is 11.7 Å². The second kappa shape index (κ2) is 4.87. The number of rotatable bonds is 3. The molecule has 4 aromatic rings. The molecule has 4 rings (SSSR count). The van der Waals surface area contributed by atoms with Crippen LogP contribution in [0.5, 0.6) is 0 Å². The van der Waals surface area contributed by atoms with E-state index in [1.165, 1.54) is 12.4 Å². The lowest BCUT2D eigenvalue weighted by Gasteiger charge is -1.99. The summed E-state index contributed by atoms with van der Waals surface area (Å²) in [5.41, 5.74) is 2.93. The van der Waals surface area contributed by atoms with Crippen LogP contribution in [0.4, 0.5) is 4.39 Å². The minimum absolute atomic E-state index is 0.0499. The molecule has 0 radical (unpaired) electrons. The number of carbonyl (C=O) groups is 1. The summed E-state index contributed by atoms with van der Waals surface area (Å²) in [6, 6.07) is 5.10. The third-order valence-corrected chi connectivity index (χ3v) is 3.64. The van der Waals surface area contributed by atoms with Gasteiger partial charge >= 0.3 is 5.97 Å². The van der Waals surface area contributed by atoms with Crippen LogP contribution in [-0.4, -0.2) is 36.2 Å². The number of hydrogen-bond acceptors (Lipinski definition) is 4. The first kappa shape index (κ1) is 13.4. The van der Waals surface area contributed by atoms with Crippen molar-refractivity contribution in [3.63, 3.8) is 0 Å². The number of aromatic amines is 2. The average Bonchev–Trinajstić information content (AvgIpc) is 3.17. The Hall–Kier alpha value is -3.29. The van der Waals surface area contributed by atoms with Crippen LogP contribution in [0.2, 0.25) is 0 Å². The molecule has 1 aromatic carbocycles. The monoisotopic (exact) mass is 311 g/mol. The maximum Gasteiger partial charge on any atom is 0.339 e. The number of aromatic carboxylic acids is 1. The fourth-order valence-electron chi connectivity index (χ4n) is 2.51. The molecule has 114 valence electrons. The highest BCUT2D eigenvalue weighted by molar-refractivity contribution is 6.01. The molecule has 0 bridgehead atoms. The van der Waals surface area contributed by atoms with Gasteiger partial charge in [-0.3, -0.25) is 5.10 Å². The molecule has 0 saturated carbocycles. The molecule has 3 N–H and O–H groups in total. The molecule has 0 aliphatic carbocycles. The lowest BCUT2D eigenvalue weighted by molar-refractivity contribution is 0.0699. The van der Waals surface area contributed by atoms with E-state index in [1.54, 1.807) is 18.2 Å². The summed E-state index contributed by atoms with van der Waals surface area (Å²) in [5.74, 6) is -1.08. The number of hydrogen-bond donors (Lipinski definition) is 3. The molecular weight excluding hydrogens is 301 g/mol. The van der Waals surface area contributed by atoms with Crippen molar-refractivity contribution in [3.8, 4) is 11.4 Å². The predicted molar refractivity (Wildman–Crippen MR) is 80.7 cm³/mol. The molecule has 0 unspecified atom stereocenters. The maximum atomic E-state index is 12.7. The van der Waals surface area contributed by atoms with Gasteiger partial charge < -0.3 is 10.1 Å². The summed E-state index contributed by atoms with van der Waals surface area (Å²) in [5, 5.41) is 17.0. The predicted octanol–water partition coefficient (Wildman–Crippen LogP) is 2.67. The van der Waals surface area contributed by atoms with Crippen LogP contribution in [0, 0.1) is 0 Å². The minimum Gasteiger partial charge on any atom is -0.478 e. The molecule has 3 heterocycles. The first-order valence-corrected chi connectivity index (χ1v) is 6.78. The Morgan fingerprint density at radius 1 is 1.35 bits per heavy atom. The van der Waals surface area contributed by atoms with Crippen LogP contribution < -0.4 is 0 Å². The molecule has 7 nitrogen and oxygen atoms in total. The van der Waals surface area contributed by atoms with Crippen molar-refractivity contribution in [1.29, 1.82) is 0 Å². The topological polar surface area (TPSA) is 108 Å². The number of H-pyrrole nitrogens is 2. The van der Waals surface area contributed by atoms with Gasteiger partial charge in [-0.05, 0) is 11.6 Å². The highest BCUT2D eigenvalue weighted by Gasteiger charge is 2.16. The molecular formula is C15H10FN5O2. The number of benzene rings is 1. The quantitative estimate of drug-likeness (QED) is 0.539. The van der Waals surface area contributed by atoms with E-state index in [-0.39, 0.29) is 11.1 Å². The van der Waals surface area contributed by atoms with Crippen LogP contribution in [0.15, 0.2) is 30.6 Å². The Morgan fingerprint density at radius 3 is 3.00 bits per heavy atom. The van der Waals surface area contributed by atoms with Gasteiger partial charge in [0, 0.05) is 11.6 Å². The second-order valence-electron chi connectivity index (χ2n) is 5.05. The normalized spacial score (nSPS) is 11.3. The summed E-state index contributed by atoms with van der Waals surface area (Å²) in [6.07, 6.45) is 2.87. The van der Waals surface area contributed by atoms with E-state index in [0.29, 0.717) is 28.1 Å². The van der Waals surface area contributed by atoms with Crippen molar-refractivity contribution in [1.82, 2.24) is 25.1 Å². The number of nitrogens with one attached hydrogen (secondary N) is 2. The molecule has 0 fully saturated rings. The summed E-state index contributed by atoms with van der Waals surface area (Å²) >= 11 is 0. The number of fused-ring (bicyclic) bond motifs is 2. The largest absolute Gasteiger partial charge is 0.478 e.